The lowest BCUT2D eigenvalue weighted by atomic mass is 9.95. The first-order valence-corrected chi connectivity index (χ1v) is 34.6. The van der Waals surface area contributed by atoms with Crippen LogP contribution in [0, 0.1) is 11.8 Å². The van der Waals surface area contributed by atoms with Crippen LogP contribution in [0.4, 0.5) is 0 Å². The molecule has 8 nitrogen and oxygen atoms in total. The Bertz CT molecular complexity index is 1170. The topological polar surface area (TPSA) is 79.4 Å². The van der Waals surface area contributed by atoms with Crippen LogP contribution in [0.2, 0.25) is 0 Å². The molecule has 0 aliphatic carbocycles. The van der Waals surface area contributed by atoms with Crippen molar-refractivity contribution in [3.63, 3.8) is 0 Å². The molecule has 1 amide bonds. The molecular weight excluding hydrogens is 951 g/mol. The van der Waals surface area contributed by atoms with Gasteiger partial charge in [0.05, 0.1) is 13.2 Å². The number of unbranched alkanes of at least 4 members (excludes halogenated alkanes) is 30. The first kappa shape index (κ1) is 75.3. The first-order chi connectivity index (χ1) is 37.6. The lowest BCUT2D eigenvalue weighted by molar-refractivity contribution is -0.146. The van der Waals surface area contributed by atoms with E-state index in [1.54, 1.807) is 0 Å². The lowest BCUT2D eigenvalue weighted by Crippen LogP contribution is -2.41. The monoisotopic (exact) mass is 1090 g/mol. The van der Waals surface area contributed by atoms with Gasteiger partial charge < -0.3 is 19.3 Å². The Balaban J connectivity index is 5.86. The van der Waals surface area contributed by atoms with Gasteiger partial charge in [0.15, 0.2) is 0 Å². The molecule has 0 fully saturated rings. The summed E-state index contributed by atoms with van der Waals surface area (Å²) in [6.07, 6.45) is 56.2. The summed E-state index contributed by atoms with van der Waals surface area (Å²) in [4.78, 5) is 47.8. The molecule has 0 heterocycles. The molecule has 0 aromatic rings. The number of amides is 1. The van der Waals surface area contributed by atoms with Crippen molar-refractivity contribution in [1.29, 1.82) is 0 Å². The summed E-state index contributed by atoms with van der Waals surface area (Å²) in [6, 6.07) is 0.375. The summed E-state index contributed by atoms with van der Waals surface area (Å²) >= 11 is 0. The van der Waals surface area contributed by atoms with Crippen LogP contribution in [0.15, 0.2) is 0 Å². The molecule has 0 radical (unpaired) electrons. The van der Waals surface area contributed by atoms with Crippen LogP contribution in [0.3, 0.4) is 0 Å². The summed E-state index contributed by atoms with van der Waals surface area (Å²) in [6.45, 7) is 19.5. The highest BCUT2D eigenvalue weighted by Gasteiger charge is 2.22. The van der Waals surface area contributed by atoms with Gasteiger partial charge in [-0.2, -0.15) is 0 Å². The summed E-state index contributed by atoms with van der Waals surface area (Å²) in [5.41, 5.74) is 0. The molecule has 0 aliphatic heterocycles. The van der Waals surface area contributed by atoms with E-state index in [0.717, 1.165) is 103 Å². The van der Waals surface area contributed by atoms with E-state index in [1.807, 2.05) is 0 Å². The zero-order valence-electron chi connectivity index (χ0n) is 53.5. The van der Waals surface area contributed by atoms with Crippen LogP contribution in [0.1, 0.15) is 350 Å². The second-order valence-corrected chi connectivity index (χ2v) is 24.6. The summed E-state index contributed by atoms with van der Waals surface area (Å²) in [5.74, 6) is 1.29. The maximum atomic E-state index is 14.3. The van der Waals surface area contributed by atoms with E-state index in [4.69, 9.17) is 9.47 Å². The highest BCUT2D eigenvalue weighted by atomic mass is 16.5. The van der Waals surface area contributed by atoms with Crippen LogP contribution >= 0.6 is 0 Å². The van der Waals surface area contributed by atoms with E-state index < -0.39 is 0 Å². The van der Waals surface area contributed by atoms with E-state index in [0.29, 0.717) is 56.3 Å². The van der Waals surface area contributed by atoms with Gasteiger partial charge in [0.2, 0.25) is 5.91 Å². The van der Waals surface area contributed by atoms with Crippen LogP contribution in [-0.4, -0.2) is 98.6 Å². The second kappa shape index (κ2) is 59.0. The molecule has 2 unspecified atom stereocenters. The predicted molar refractivity (Wildman–Crippen MR) is 335 cm³/mol. The van der Waals surface area contributed by atoms with E-state index in [1.165, 1.54) is 218 Å². The van der Waals surface area contributed by atoms with Crippen molar-refractivity contribution in [2.24, 2.45) is 11.8 Å². The average Bonchev–Trinajstić information content (AvgIpc) is 3.42. The van der Waals surface area contributed by atoms with Gasteiger partial charge in [-0.15, -0.1) is 0 Å². The molecule has 0 aromatic heterocycles. The number of ether oxygens (including phenoxy) is 2. The van der Waals surface area contributed by atoms with Crippen molar-refractivity contribution in [3.8, 4) is 0 Å². The van der Waals surface area contributed by atoms with Gasteiger partial charge >= 0.3 is 11.9 Å². The van der Waals surface area contributed by atoms with Gasteiger partial charge in [-0.1, -0.05) is 260 Å². The zero-order valence-corrected chi connectivity index (χ0v) is 53.5. The molecule has 0 saturated heterocycles. The third kappa shape index (κ3) is 51.0. The van der Waals surface area contributed by atoms with Gasteiger partial charge in [-0.25, -0.2) is 0 Å². The lowest BCUT2D eigenvalue weighted by Gasteiger charge is -2.33. The minimum atomic E-state index is -0.0165. The number of carbonyl (C=O) groups is 3. The minimum absolute atomic E-state index is 0.0165. The molecule has 458 valence electrons. The van der Waals surface area contributed by atoms with Crippen molar-refractivity contribution >= 4 is 17.8 Å². The molecule has 0 bridgehead atoms. The molecule has 0 spiro atoms. The second-order valence-electron chi connectivity index (χ2n) is 24.6. The van der Waals surface area contributed by atoms with E-state index in [2.05, 4.69) is 70.3 Å². The van der Waals surface area contributed by atoms with Crippen molar-refractivity contribution in [1.82, 2.24) is 14.7 Å². The molecule has 8 heteroatoms. The normalized spacial score (nSPS) is 12.9. The van der Waals surface area contributed by atoms with E-state index >= 15 is 0 Å². The largest absolute Gasteiger partial charge is 0.465 e. The van der Waals surface area contributed by atoms with Gasteiger partial charge in [-0.05, 0) is 110 Å². The number of rotatable bonds is 62. The van der Waals surface area contributed by atoms with Crippen LogP contribution < -0.4 is 0 Å². The highest BCUT2D eigenvalue weighted by molar-refractivity contribution is 5.76. The zero-order chi connectivity index (χ0) is 56.5. The fourth-order valence-electron chi connectivity index (χ4n) is 11.5. The summed E-state index contributed by atoms with van der Waals surface area (Å²) in [7, 11) is 4.33. The number of hydrogen-bond donors (Lipinski definition) is 0. The van der Waals surface area contributed by atoms with Crippen molar-refractivity contribution in [3.05, 3.63) is 0 Å². The third-order valence-corrected chi connectivity index (χ3v) is 16.8. The van der Waals surface area contributed by atoms with Crippen molar-refractivity contribution in [2.75, 3.05) is 60.0 Å². The van der Waals surface area contributed by atoms with Gasteiger partial charge in [0, 0.05) is 44.9 Å². The van der Waals surface area contributed by atoms with Gasteiger partial charge in [0.25, 0.3) is 0 Å². The van der Waals surface area contributed by atoms with Crippen LogP contribution in [-0.2, 0) is 23.9 Å². The quantitative estimate of drug-likeness (QED) is 0.0443. The molecular formula is C69H137N3O5. The van der Waals surface area contributed by atoms with Gasteiger partial charge in [0.1, 0.15) is 0 Å². The summed E-state index contributed by atoms with van der Waals surface area (Å²) < 4.78 is 12.0. The fourth-order valence-corrected chi connectivity index (χ4v) is 11.5. The smallest absolute Gasteiger partial charge is 0.305 e. The van der Waals surface area contributed by atoms with E-state index in [-0.39, 0.29) is 11.9 Å². The number of nitrogens with zero attached hydrogens (tertiary/aromatic N) is 3. The van der Waals surface area contributed by atoms with Crippen molar-refractivity contribution in [2.45, 2.75) is 356 Å². The minimum Gasteiger partial charge on any atom is -0.465 e. The first-order valence-electron chi connectivity index (χ1n) is 34.6. The SMILES string of the molecule is CCCCCCCCC(CCCCCC)COC(=O)CCCCCC(CCCCCC(=O)OCC(CCCCCC)CCCCCCCC)N(CCCN(C)C)CCC(=O)N(CCCCCCCC)CCCCCCCC. The molecule has 0 N–H and O–H groups in total. The Labute approximate surface area is 482 Å². The highest BCUT2D eigenvalue weighted by Crippen LogP contribution is 2.24. The Morgan fingerprint density at radius 2 is 0.623 bits per heavy atom. The Morgan fingerprint density at radius 3 is 0.987 bits per heavy atom. The maximum Gasteiger partial charge on any atom is 0.305 e. The number of carbonyl (C=O) groups excluding carboxylic acids is 3. The Morgan fingerprint density at radius 1 is 0.312 bits per heavy atom. The predicted octanol–water partition coefficient (Wildman–Crippen LogP) is 20.2. The third-order valence-electron chi connectivity index (χ3n) is 16.8. The van der Waals surface area contributed by atoms with Crippen LogP contribution in [0.25, 0.3) is 0 Å². The Hall–Kier alpha value is -1.67. The maximum absolute atomic E-state index is 14.3. The average molecular weight is 1090 g/mol. The van der Waals surface area contributed by atoms with Gasteiger partial charge in [-0.3, -0.25) is 19.3 Å². The van der Waals surface area contributed by atoms with Crippen molar-refractivity contribution < 1.29 is 23.9 Å². The molecule has 0 aliphatic rings. The van der Waals surface area contributed by atoms with E-state index in [9.17, 15) is 14.4 Å². The Kier molecular flexibility index (Phi) is 57.7. The standard InChI is InChI=1S/C69H137N3O5/c1-9-15-21-27-31-39-50-64(48-37-25-19-13-5)62-76-68(74)54-43-35-41-52-66(53-42-36-44-55-69(75)77-63-65(49-38-26-20-14-6)51-40-32-28-22-16-10-2)71(60-47-57-70(7)8)61-56-67(73)72(58-45-33-29-23-17-11-3)59-46-34-30-24-18-12-4/h64-66H,9-63H2,1-8H3. The fraction of sp³-hybridized carbons (Fsp3) is 0.957. The molecule has 2 atom stereocenters. The van der Waals surface area contributed by atoms with Crippen LogP contribution in [0.5, 0.6) is 0 Å². The molecule has 77 heavy (non-hydrogen) atoms. The number of esters is 2. The molecule has 0 rings (SSSR count). The molecule has 0 aromatic carbocycles. The summed E-state index contributed by atoms with van der Waals surface area (Å²) in [5, 5.41) is 0. The molecule has 0 saturated carbocycles. The number of hydrogen-bond acceptors (Lipinski definition) is 7.